The van der Waals surface area contributed by atoms with E-state index in [0.717, 1.165) is 0 Å². The van der Waals surface area contributed by atoms with Gasteiger partial charge in [-0.2, -0.15) is 0 Å². The number of carbonyl (C=O) groups is 2. The molecule has 2 heterocycles. The highest BCUT2D eigenvalue weighted by Crippen LogP contribution is 2.24. The molecule has 0 aliphatic carbocycles. The van der Waals surface area contributed by atoms with Gasteiger partial charge in [0.05, 0.1) is 5.69 Å². The number of rotatable bonds is 5. The number of carboxylic acids is 1. The summed E-state index contributed by atoms with van der Waals surface area (Å²) in [6.45, 7) is 5.42. The van der Waals surface area contributed by atoms with E-state index < -0.39 is 17.9 Å². The smallest absolute Gasteiger partial charge is 0.331 e. The first-order valence-electron chi connectivity index (χ1n) is 6.45. The first-order chi connectivity index (χ1) is 9.91. The lowest BCUT2D eigenvalue weighted by Gasteiger charge is -2.13. The van der Waals surface area contributed by atoms with Crippen molar-refractivity contribution in [2.75, 3.05) is 0 Å². The highest BCUT2D eigenvalue weighted by molar-refractivity contribution is 7.10. The Bertz CT molecular complexity index is 646. The standard InChI is InChI=1S/C14H16N2O4S/c1-7(2)12-10(8(3)16-20-12)13(17)15-11(14(18)19)9-5-4-6-21-9/h4-7,11H,1-3H3,(H,15,17)(H,18,19). The minimum absolute atomic E-state index is 0.0167. The van der Waals surface area contributed by atoms with Gasteiger partial charge in [0.2, 0.25) is 0 Å². The van der Waals surface area contributed by atoms with Gasteiger partial charge in [-0.1, -0.05) is 25.1 Å². The second-order valence-corrected chi connectivity index (χ2v) is 5.90. The Balaban J connectivity index is 2.28. The zero-order chi connectivity index (χ0) is 15.6. The molecule has 6 nitrogen and oxygen atoms in total. The Morgan fingerprint density at radius 2 is 2.14 bits per heavy atom. The number of amides is 1. The first-order valence-corrected chi connectivity index (χ1v) is 7.33. The van der Waals surface area contributed by atoms with Crippen LogP contribution in [0.4, 0.5) is 0 Å². The molecule has 112 valence electrons. The minimum Gasteiger partial charge on any atom is -0.479 e. The third kappa shape index (κ3) is 3.13. The Morgan fingerprint density at radius 3 is 2.67 bits per heavy atom. The molecule has 0 aliphatic rings. The number of aromatic nitrogens is 1. The van der Waals surface area contributed by atoms with Gasteiger partial charge in [0, 0.05) is 10.8 Å². The fourth-order valence-corrected chi connectivity index (χ4v) is 2.74. The van der Waals surface area contributed by atoms with E-state index in [4.69, 9.17) is 4.52 Å². The molecule has 21 heavy (non-hydrogen) atoms. The summed E-state index contributed by atoms with van der Waals surface area (Å²) >= 11 is 1.28. The summed E-state index contributed by atoms with van der Waals surface area (Å²) in [5.41, 5.74) is 0.763. The van der Waals surface area contributed by atoms with E-state index in [0.29, 0.717) is 21.9 Å². The molecule has 1 unspecified atom stereocenters. The number of carboxylic acid groups (broad SMARTS) is 1. The molecule has 0 saturated heterocycles. The lowest BCUT2D eigenvalue weighted by molar-refractivity contribution is -0.139. The fraction of sp³-hybridized carbons (Fsp3) is 0.357. The van der Waals surface area contributed by atoms with Crippen molar-refractivity contribution in [2.45, 2.75) is 32.7 Å². The second kappa shape index (κ2) is 6.09. The van der Waals surface area contributed by atoms with Crippen LogP contribution < -0.4 is 5.32 Å². The maximum atomic E-state index is 12.4. The topological polar surface area (TPSA) is 92.4 Å². The molecule has 0 bridgehead atoms. The largest absolute Gasteiger partial charge is 0.479 e. The molecule has 0 radical (unpaired) electrons. The van der Waals surface area contributed by atoms with Crippen LogP contribution in [0.5, 0.6) is 0 Å². The van der Waals surface area contributed by atoms with Gasteiger partial charge in [-0.15, -0.1) is 11.3 Å². The average Bonchev–Trinajstić information content (AvgIpc) is 3.04. The van der Waals surface area contributed by atoms with Crippen LogP contribution in [-0.4, -0.2) is 22.1 Å². The van der Waals surface area contributed by atoms with Crippen molar-refractivity contribution >= 4 is 23.2 Å². The number of nitrogens with one attached hydrogen (secondary N) is 1. The normalized spacial score (nSPS) is 12.4. The SMILES string of the molecule is Cc1noc(C(C)C)c1C(=O)NC(C(=O)O)c1cccs1. The average molecular weight is 308 g/mol. The van der Waals surface area contributed by atoms with Crippen molar-refractivity contribution < 1.29 is 19.2 Å². The zero-order valence-electron chi connectivity index (χ0n) is 11.9. The van der Waals surface area contributed by atoms with Gasteiger partial charge in [0.1, 0.15) is 5.56 Å². The van der Waals surface area contributed by atoms with Crippen molar-refractivity contribution in [3.63, 3.8) is 0 Å². The van der Waals surface area contributed by atoms with Gasteiger partial charge in [-0.25, -0.2) is 4.79 Å². The van der Waals surface area contributed by atoms with Crippen molar-refractivity contribution in [3.05, 3.63) is 39.4 Å². The monoisotopic (exact) mass is 308 g/mol. The van der Waals surface area contributed by atoms with Crippen molar-refractivity contribution in [3.8, 4) is 0 Å². The zero-order valence-corrected chi connectivity index (χ0v) is 12.7. The summed E-state index contributed by atoms with van der Waals surface area (Å²) in [6.07, 6.45) is 0. The molecule has 0 spiro atoms. The van der Waals surface area contributed by atoms with Crippen LogP contribution in [0.15, 0.2) is 22.0 Å². The van der Waals surface area contributed by atoms with Crippen LogP contribution in [0, 0.1) is 6.92 Å². The number of hydrogen-bond donors (Lipinski definition) is 2. The Labute approximate surface area is 125 Å². The van der Waals surface area contributed by atoms with Crippen LogP contribution in [0.1, 0.15) is 52.5 Å². The molecule has 1 atom stereocenters. The van der Waals surface area contributed by atoms with Gasteiger partial charge in [-0.05, 0) is 18.4 Å². The van der Waals surface area contributed by atoms with Gasteiger partial charge in [-0.3, -0.25) is 4.79 Å². The molecule has 2 aromatic heterocycles. The second-order valence-electron chi connectivity index (χ2n) is 4.92. The summed E-state index contributed by atoms with van der Waals surface area (Å²) in [5, 5.41) is 17.4. The molecule has 7 heteroatoms. The van der Waals surface area contributed by atoms with E-state index in [9.17, 15) is 14.7 Å². The van der Waals surface area contributed by atoms with Crippen molar-refractivity contribution in [2.24, 2.45) is 0 Å². The van der Waals surface area contributed by atoms with Crippen LogP contribution in [0.3, 0.4) is 0 Å². The van der Waals surface area contributed by atoms with E-state index >= 15 is 0 Å². The van der Waals surface area contributed by atoms with E-state index in [-0.39, 0.29) is 5.92 Å². The number of nitrogens with zero attached hydrogens (tertiary/aromatic N) is 1. The van der Waals surface area contributed by atoms with Crippen LogP contribution in [-0.2, 0) is 4.79 Å². The molecule has 1 amide bonds. The van der Waals surface area contributed by atoms with Gasteiger partial charge in [0.15, 0.2) is 11.8 Å². The molecular weight excluding hydrogens is 292 g/mol. The van der Waals surface area contributed by atoms with Crippen LogP contribution in [0.2, 0.25) is 0 Å². The molecule has 2 aromatic rings. The highest BCUT2D eigenvalue weighted by Gasteiger charge is 2.28. The molecule has 2 N–H and O–H groups in total. The third-order valence-corrected chi connectivity index (χ3v) is 3.93. The lowest BCUT2D eigenvalue weighted by atomic mass is 10.0. The maximum Gasteiger partial charge on any atom is 0.331 e. The summed E-state index contributed by atoms with van der Waals surface area (Å²) in [7, 11) is 0. The number of thiophene rings is 1. The molecule has 0 aliphatic heterocycles. The van der Waals surface area contributed by atoms with Crippen molar-refractivity contribution in [1.82, 2.24) is 10.5 Å². The molecular formula is C14H16N2O4S. The fourth-order valence-electron chi connectivity index (χ4n) is 1.97. The Morgan fingerprint density at radius 1 is 1.43 bits per heavy atom. The lowest BCUT2D eigenvalue weighted by Crippen LogP contribution is -2.34. The van der Waals surface area contributed by atoms with Gasteiger partial charge < -0.3 is 14.9 Å². The minimum atomic E-state index is -1.11. The van der Waals surface area contributed by atoms with Gasteiger partial charge in [0.25, 0.3) is 5.91 Å². The quantitative estimate of drug-likeness (QED) is 0.886. The maximum absolute atomic E-state index is 12.4. The number of carbonyl (C=O) groups excluding carboxylic acids is 1. The highest BCUT2D eigenvalue weighted by atomic mass is 32.1. The predicted octanol–water partition coefficient (Wildman–Crippen LogP) is 2.72. The third-order valence-electron chi connectivity index (χ3n) is 2.99. The Kier molecular flexibility index (Phi) is 4.42. The van der Waals surface area contributed by atoms with Crippen LogP contribution in [0.25, 0.3) is 0 Å². The molecule has 2 rings (SSSR count). The van der Waals surface area contributed by atoms with E-state index in [2.05, 4.69) is 10.5 Å². The number of aliphatic carboxylic acids is 1. The first kappa shape index (κ1) is 15.2. The summed E-state index contributed by atoms with van der Waals surface area (Å²) in [4.78, 5) is 24.3. The van der Waals surface area contributed by atoms with Crippen LogP contribution >= 0.6 is 11.3 Å². The summed E-state index contributed by atoms with van der Waals surface area (Å²) < 4.78 is 5.16. The number of hydrogen-bond acceptors (Lipinski definition) is 5. The Hall–Kier alpha value is -2.15. The number of aryl methyl sites for hydroxylation is 1. The van der Waals surface area contributed by atoms with E-state index in [1.807, 2.05) is 13.8 Å². The predicted molar refractivity (Wildman–Crippen MR) is 77.5 cm³/mol. The molecule has 0 aromatic carbocycles. The van der Waals surface area contributed by atoms with E-state index in [1.54, 1.807) is 24.4 Å². The van der Waals surface area contributed by atoms with Gasteiger partial charge >= 0.3 is 5.97 Å². The summed E-state index contributed by atoms with van der Waals surface area (Å²) in [6, 6.07) is 2.34. The van der Waals surface area contributed by atoms with E-state index in [1.165, 1.54) is 11.3 Å². The molecule has 0 saturated carbocycles. The molecule has 0 fully saturated rings. The summed E-state index contributed by atoms with van der Waals surface area (Å²) in [5.74, 6) is -1.15. The van der Waals surface area contributed by atoms with Crippen molar-refractivity contribution in [1.29, 1.82) is 0 Å².